The van der Waals surface area contributed by atoms with Crippen molar-refractivity contribution in [3.8, 4) is 0 Å². The molecule has 4 N–H and O–H groups in total. The fraction of sp³-hybridized carbons (Fsp3) is 0.154. The maximum atomic E-state index is 7.03. The number of nitrogens with one attached hydrogen (secondary N) is 2. The molecular weight excluding hydrogens is 212 g/mol. The fourth-order valence-electron chi connectivity index (χ4n) is 0.779. The average molecular weight is 230 g/mol. The van der Waals surface area contributed by atoms with E-state index in [0.717, 1.165) is 5.70 Å². The predicted molar refractivity (Wildman–Crippen MR) is 75.0 cm³/mol. The molecule has 0 atom stereocenters. The van der Waals surface area contributed by atoms with Gasteiger partial charge in [-0.3, -0.25) is 15.8 Å². The van der Waals surface area contributed by atoms with Crippen LogP contribution in [0.1, 0.15) is 13.8 Å². The van der Waals surface area contributed by atoms with Crippen molar-refractivity contribution < 1.29 is 0 Å². The van der Waals surface area contributed by atoms with Crippen molar-refractivity contribution in [2.24, 2.45) is 10.7 Å². The van der Waals surface area contributed by atoms with Gasteiger partial charge in [-0.1, -0.05) is 18.2 Å². The molecule has 0 aromatic rings. The van der Waals surface area contributed by atoms with E-state index in [0.29, 0.717) is 0 Å². The summed E-state index contributed by atoms with van der Waals surface area (Å²) in [5.74, 6) is 0. The van der Waals surface area contributed by atoms with Crippen molar-refractivity contribution in [3.05, 3.63) is 48.4 Å². The van der Waals surface area contributed by atoms with Crippen LogP contribution in [0.2, 0.25) is 0 Å². The molecule has 0 fully saturated rings. The minimum atomic E-state index is 0.285. The van der Waals surface area contributed by atoms with E-state index >= 15 is 0 Å². The van der Waals surface area contributed by atoms with Crippen LogP contribution in [0.5, 0.6) is 0 Å². The van der Waals surface area contributed by atoms with Gasteiger partial charge in [0.1, 0.15) is 0 Å². The Hall–Kier alpha value is -2.23. The zero-order chi connectivity index (χ0) is 13.1. The number of hydrogen-bond acceptors (Lipinski definition) is 4. The van der Waals surface area contributed by atoms with Gasteiger partial charge < -0.3 is 5.73 Å². The first-order chi connectivity index (χ1) is 8.07. The minimum absolute atomic E-state index is 0.285. The van der Waals surface area contributed by atoms with E-state index in [-0.39, 0.29) is 11.4 Å². The Bertz CT molecular complexity index is 383. The van der Waals surface area contributed by atoms with E-state index in [1.165, 1.54) is 0 Å². The zero-order valence-corrected chi connectivity index (χ0v) is 10.1. The molecule has 0 radical (unpaired) electrons. The maximum absolute atomic E-state index is 7.03. The van der Waals surface area contributed by atoms with E-state index in [2.05, 4.69) is 4.99 Å². The highest BCUT2D eigenvalue weighted by Gasteiger charge is 1.97. The SMILES string of the molecule is C\C=C/C=N\C=C(/C)N.N=C1C=CC=CC1=N. The second kappa shape index (κ2) is 9.03. The van der Waals surface area contributed by atoms with Gasteiger partial charge in [0, 0.05) is 18.1 Å². The summed E-state index contributed by atoms with van der Waals surface area (Å²) in [5, 5.41) is 14.1. The molecule has 0 heterocycles. The number of rotatable bonds is 2. The van der Waals surface area contributed by atoms with Crippen LogP contribution in [0.25, 0.3) is 0 Å². The zero-order valence-electron chi connectivity index (χ0n) is 10.1. The number of allylic oxidation sites excluding steroid dienone is 7. The van der Waals surface area contributed by atoms with Crippen molar-refractivity contribution in [1.29, 1.82) is 10.8 Å². The lowest BCUT2D eigenvalue weighted by Crippen LogP contribution is -2.06. The number of hydrogen-bond donors (Lipinski definition) is 3. The predicted octanol–water partition coefficient (Wildman–Crippen LogP) is 2.61. The molecule has 0 saturated carbocycles. The van der Waals surface area contributed by atoms with E-state index in [1.54, 1.807) is 43.6 Å². The van der Waals surface area contributed by atoms with E-state index in [1.807, 2.05) is 19.1 Å². The number of nitrogens with zero attached hydrogens (tertiary/aromatic N) is 1. The third-order valence-corrected chi connectivity index (χ3v) is 1.57. The first-order valence-electron chi connectivity index (χ1n) is 5.17. The second-order valence-electron chi connectivity index (χ2n) is 3.24. The molecule has 0 aromatic heterocycles. The first kappa shape index (κ1) is 14.8. The molecule has 0 amide bonds. The molecule has 17 heavy (non-hydrogen) atoms. The maximum Gasteiger partial charge on any atom is 0.0789 e. The Labute approximate surface area is 102 Å². The van der Waals surface area contributed by atoms with Gasteiger partial charge in [0.15, 0.2) is 0 Å². The van der Waals surface area contributed by atoms with Crippen molar-refractivity contribution in [2.75, 3.05) is 0 Å². The van der Waals surface area contributed by atoms with Gasteiger partial charge in [0.2, 0.25) is 0 Å². The van der Waals surface area contributed by atoms with Crippen molar-refractivity contribution in [3.63, 3.8) is 0 Å². The molecule has 1 aliphatic carbocycles. The van der Waals surface area contributed by atoms with E-state index in [9.17, 15) is 0 Å². The van der Waals surface area contributed by atoms with Crippen molar-refractivity contribution in [1.82, 2.24) is 0 Å². The van der Waals surface area contributed by atoms with Gasteiger partial charge >= 0.3 is 0 Å². The van der Waals surface area contributed by atoms with E-state index < -0.39 is 0 Å². The van der Waals surface area contributed by atoms with Crippen molar-refractivity contribution in [2.45, 2.75) is 13.8 Å². The topological polar surface area (TPSA) is 86.1 Å². The number of aliphatic imine (C=N–C) groups is 1. The Balaban J connectivity index is 0.000000302. The van der Waals surface area contributed by atoms with Crippen LogP contribution in [0.4, 0.5) is 0 Å². The summed E-state index contributed by atoms with van der Waals surface area (Å²) in [6, 6.07) is 0. The van der Waals surface area contributed by atoms with Crippen LogP contribution in [-0.2, 0) is 0 Å². The molecule has 0 saturated heterocycles. The monoisotopic (exact) mass is 230 g/mol. The molecule has 0 bridgehead atoms. The van der Waals surface area contributed by atoms with Crippen LogP contribution in [0, 0.1) is 10.8 Å². The lowest BCUT2D eigenvalue weighted by Gasteiger charge is -1.96. The molecule has 1 aliphatic rings. The first-order valence-corrected chi connectivity index (χ1v) is 5.17. The van der Waals surface area contributed by atoms with Crippen LogP contribution >= 0.6 is 0 Å². The van der Waals surface area contributed by atoms with Gasteiger partial charge in [0.25, 0.3) is 0 Å². The summed E-state index contributed by atoms with van der Waals surface area (Å²) >= 11 is 0. The summed E-state index contributed by atoms with van der Waals surface area (Å²) in [6.45, 7) is 3.73. The highest BCUT2D eigenvalue weighted by molar-refractivity contribution is 6.48. The third kappa shape index (κ3) is 8.74. The molecule has 0 unspecified atom stereocenters. The average Bonchev–Trinajstić information content (AvgIpc) is 2.29. The van der Waals surface area contributed by atoms with Crippen LogP contribution in [0.3, 0.4) is 0 Å². The summed E-state index contributed by atoms with van der Waals surface area (Å²) < 4.78 is 0. The van der Waals surface area contributed by atoms with Crippen LogP contribution in [0.15, 0.2) is 53.3 Å². The largest absolute Gasteiger partial charge is 0.401 e. The summed E-state index contributed by atoms with van der Waals surface area (Å²) in [7, 11) is 0. The molecule has 1 rings (SSSR count). The second-order valence-corrected chi connectivity index (χ2v) is 3.24. The lowest BCUT2D eigenvalue weighted by atomic mass is 10.1. The van der Waals surface area contributed by atoms with Crippen molar-refractivity contribution >= 4 is 17.6 Å². The van der Waals surface area contributed by atoms with Gasteiger partial charge in [-0.15, -0.1) is 0 Å². The van der Waals surface area contributed by atoms with Gasteiger partial charge in [-0.2, -0.15) is 0 Å². The van der Waals surface area contributed by atoms with E-state index in [4.69, 9.17) is 16.6 Å². The Morgan fingerprint density at radius 1 is 1.24 bits per heavy atom. The van der Waals surface area contributed by atoms with Gasteiger partial charge in [-0.05, 0) is 32.1 Å². The van der Waals surface area contributed by atoms with Gasteiger partial charge in [-0.25, -0.2) is 0 Å². The molecule has 0 aliphatic heterocycles. The molecule has 90 valence electrons. The minimum Gasteiger partial charge on any atom is -0.401 e. The third-order valence-electron chi connectivity index (χ3n) is 1.57. The molecule has 4 nitrogen and oxygen atoms in total. The normalized spacial score (nSPS) is 15.5. The summed E-state index contributed by atoms with van der Waals surface area (Å²) in [4.78, 5) is 3.86. The highest BCUT2D eigenvalue weighted by Crippen LogP contribution is 1.91. The number of nitrogens with two attached hydrogens (primary N) is 1. The lowest BCUT2D eigenvalue weighted by molar-refractivity contribution is 1.28. The standard InChI is InChI=1S/C7H12N2.C6H6N2/c1-3-4-5-9-6-7(2)8;7-5-3-1-2-4-6(5)8/h3-6H,8H2,1-2H3;1-4,7-8H/b4-3-,7-6+,9-5-;. The Morgan fingerprint density at radius 2 is 1.76 bits per heavy atom. The Kier molecular flexibility index (Phi) is 7.84. The Morgan fingerprint density at radius 3 is 2.12 bits per heavy atom. The molecule has 4 heteroatoms. The molecule has 0 spiro atoms. The van der Waals surface area contributed by atoms with Crippen LogP contribution < -0.4 is 5.73 Å². The summed E-state index contributed by atoms with van der Waals surface area (Å²) in [6.07, 6.45) is 13.8. The highest BCUT2D eigenvalue weighted by atomic mass is 14.7. The fourth-order valence-corrected chi connectivity index (χ4v) is 0.779. The van der Waals surface area contributed by atoms with Crippen LogP contribution in [-0.4, -0.2) is 17.6 Å². The summed E-state index contributed by atoms with van der Waals surface area (Å²) in [5.41, 5.74) is 6.59. The molecular formula is C13H18N4. The smallest absolute Gasteiger partial charge is 0.0789 e. The molecule has 0 aromatic carbocycles. The van der Waals surface area contributed by atoms with Gasteiger partial charge in [0.05, 0.1) is 11.4 Å². The quantitative estimate of drug-likeness (QED) is 0.494.